The monoisotopic (exact) mass is 409 g/mol. The average Bonchev–Trinajstić information content (AvgIpc) is 3.14. The van der Waals surface area contributed by atoms with E-state index in [1.807, 2.05) is 12.3 Å². The Kier molecular flexibility index (Phi) is 6.52. The molecule has 1 aliphatic rings. The number of esters is 1. The van der Waals surface area contributed by atoms with Crippen LogP contribution >= 0.6 is 11.8 Å². The molecule has 0 aliphatic carbocycles. The molecule has 0 aromatic heterocycles. The number of nitriles is 1. The van der Waals surface area contributed by atoms with Crippen LogP contribution in [0.4, 0.5) is 11.4 Å². The lowest BCUT2D eigenvalue weighted by molar-refractivity contribution is -0.119. The second kappa shape index (κ2) is 9.26. The van der Waals surface area contributed by atoms with Crippen LogP contribution in [0.3, 0.4) is 0 Å². The highest BCUT2D eigenvalue weighted by Crippen LogP contribution is 2.24. The third-order valence-electron chi connectivity index (χ3n) is 4.44. The number of nitrogens with zero attached hydrogens (tertiary/aromatic N) is 2. The Labute approximate surface area is 172 Å². The van der Waals surface area contributed by atoms with E-state index in [0.717, 1.165) is 28.6 Å². The van der Waals surface area contributed by atoms with Crippen molar-refractivity contribution in [2.75, 3.05) is 23.4 Å². The van der Waals surface area contributed by atoms with E-state index in [9.17, 15) is 14.4 Å². The molecule has 0 spiro atoms. The second-order valence-electron chi connectivity index (χ2n) is 6.49. The van der Waals surface area contributed by atoms with Crippen LogP contribution in [-0.2, 0) is 14.3 Å². The van der Waals surface area contributed by atoms with Crippen LogP contribution < -0.4 is 10.2 Å². The molecule has 29 heavy (non-hydrogen) atoms. The van der Waals surface area contributed by atoms with Gasteiger partial charge in [-0.2, -0.15) is 5.26 Å². The van der Waals surface area contributed by atoms with Gasteiger partial charge in [0.1, 0.15) is 5.40 Å². The summed E-state index contributed by atoms with van der Waals surface area (Å²) in [5.41, 5.74) is 2.32. The number of thiocyanates is 1. The molecule has 2 aromatic rings. The number of hydrogen-bond acceptors (Lipinski definition) is 6. The summed E-state index contributed by atoms with van der Waals surface area (Å²) >= 11 is 1.04. The minimum absolute atomic E-state index is 0.0319. The van der Waals surface area contributed by atoms with Gasteiger partial charge in [0.05, 0.1) is 5.56 Å². The topological polar surface area (TPSA) is 99.5 Å². The summed E-state index contributed by atoms with van der Waals surface area (Å²) < 4.78 is 5.11. The number of thioether (sulfide) groups is 1. The Bertz CT molecular complexity index is 1000. The minimum atomic E-state index is -0.633. The van der Waals surface area contributed by atoms with E-state index < -0.39 is 18.5 Å². The first kappa shape index (κ1) is 20.4. The summed E-state index contributed by atoms with van der Waals surface area (Å²) in [5.74, 6) is -1.07. The Morgan fingerprint density at radius 3 is 2.79 bits per heavy atom. The van der Waals surface area contributed by atoms with Gasteiger partial charge >= 0.3 is 5.97 Å². The number of carbonyl (C=O) groups is 3. The molecule has 148 valence electrons. The predicted molar refractivity (Wildman–Crippen MR) is 110 cm³/mol. The largest absolute Gasteiger partial charge is 0.452 e. The number of carbonyl (C=O) groups excluding carboxylic acids is 3. The van der Waals surface area contributed by atoms with Gasteiger partial charge in [0.15, 0.2) is 6.61 Å². The molecular formula is C21H19N3O4S. The fourth-order valence-electron chi connectivity index (χ4n) is 3.02. The van der Waals surface area contributed by atoms with Gasteiger partial charge < -0.3 is 15.0 Å². The SMILES string of the molecule is Cc1cc(SC#N)ccc1NC(=O)COC(=O)c1cccc(N2CCCC2=O)c1. The molecule has 3 rings (SSSR count). The van der Waals surface area contributed by atoms with Crippen molar-refractivity contribution in [1.82, 2.24) is 0 Å². The first-order valence-electron chi connectivity index (χ1n) is 9.02. The van der Waals surface area contributed by atoms with Crippen molar-refractivity contribution in [3.8, 4) is 5.40 Å². The number of rotatable bonds is 6. The van der Waals surface area contributed by atoms with Crippen molar-refractivity contribution in [2.24, 2.45) is 0 Å². The van der Waals surface area contributed by atoms with Crippen molar-refractivity contribution in [3.63, 3.8) is 0 Å². The Hall–Kier alpha value is -3.31. The molecule has 2 amide bonds. The zero-order valence-corrected chi connectivity index (χ0v) is 16.6. The zero-order chi connectivity index (χ0) is 20.8. The quantitative estimate of drug-likeness (QED) is 0.445. The molecule has 8 heteroatoms. The summed E-state index contributed by atoms with van der Waals surface area (Å²) in [6, 6.07) is 11.9. The van der Waals surface area contributed by atoms with Gasteiger partial charge in [-0.05, 0) is 67.1 Å². The lowest BCUT2D eigenvalue weighted by Crippen LogP contribution is -2.24. The maximum Gasteiger partial charge on any atom is 0.338 e. The van der Waals surface area contributed by atoms with Gasteiger partial charge in [-0.3, -0.25) is 9.59 Å². The predicted octanol–water partition coefficient (Wildman–Crippen LogP) is 3.49. The number of anilines is 2. The standard InChI is InChI=1S/C21H19N3O4S/c1-14-10-17(29-13-22)7-8-18(14)23-19(25)12-28-21(27)15-4-2-5-16(11-15)24-9-3-6-20(24)26/h2,4-5,7-8,10-11H,3,6,9,12H2,1H3,(H,23,25). The first-order valence-corrected chi connectivity index (χ1v) is 9.83. The molecule has 0 unspecified atom stereocenters. The van der Waals surface area contributed by atoms with Crippen molar-refractivity contribution in [2.45, 2.75) is 24.7 Å². The smallest absolute Gasteiger partial charge is 0.338 e. The molecule has 7 nitrogen and oxygen atoms in total. The number of ether oxygens (including phenoxy) is 1. The van der Waals surface area contributed by atoms with Gasteiger partial charge in [-0.1, -0.05) is 6.07 Å². The summed E-state index contributed by atoms with van der Waals surface area (Å²) in [6.45, 7) is 2.01. The van der Waals surface area contributed by atoms with Crippen LogP contribution in [0.25, 0.3) is 0 Å². The molecule has 0 atom stereocenters. The van der Waals surface area contributed by atoms with Crippen molar-refractivity contribution >= 4 is 40.9 Å². The fraction of sp³-hybridized carbons (Fsp3) is 0.238. The maximum absolute atomic E-state index is 12.3. The third-order valence-corrected chi connectivity index (χ3v) is 5.02. The Morgan fingerprint density at radius 2 is 2.10 bits per heavy atom. The molecule has 1 N–H and O–H groups in total. The minimum Gasteiger partial charge on any atom is -0.452 e. The van der Waals surface area contributed by atoms with E-state index in [1.54, 1.807) is 47.4 Å². The second-order valence-corrected chi connectivity index (χ2v) is 7.35. The number of amides is 2. The summed E-state index contributed by atoms with van der Waals surface area (Å²) in [7, 11) is 0. The summed E-state index contributed by atoms with van der Waals surface area (Å²) in [5, 5.41) is 13.4. The van der Waals surface area contributed by atoms with Crippen LogP contribution in [0, 0.1) is 17.6 Å². The van der Waals surface area contributed by atoms with Crippen LogP contribution in [-0.4, -0.2) is 30.9 Å². The lowest BCUT2D eigenvalue weighted by atomic mass is 10.2. The molecule has 0 saturated carbocycles. The van der Waals surface area contributed by atoms with Crippen molar-refractivity contribution in [3.05, 3.63) is 53.6 Å². The normalized spacial score (nSPS) is 13.1. The van der Waals surface area contributed by atoms with Gasteiger partial charge in [0.25, 0.3) is 5.91 Å². The Morgan fingerprint density at radius 1 is 1.28 bits per heavy atom. The van der Waals surface area contributed by atoms with E-state index >= 15 is 0 Å². The van der Waals surface area contributed by atoms with E-state index in [2.05, 4.69) is 5.32 Å². The van der Waals surface area contributed by atoms with Crippen LogP contribution in [0.1, 0.15) is 28.8 Å². The number of aryl methyl sites for hydroxylation is 1. The third kappa shape index (κ3) is 5.15. The molecular weight excluding hydrogens is 390 g/mol. The van der Waals surface area contributed by atoms with Crippen LogP contribution in [0.2, 0.25) is 0 Å². The zero-order valence-electron chi connectivity index (χ0n) is 15.8. The van der Waals surface area contributed by atoms with Gasteiger partial charge in [0.2, 0.25) is 5.91 Å². The van der Waals surface area contributed by atoms with Crippen LogP contribution in [0.15, 0.2) is 47.4 Å². The highest BCUT2D eigenvalue weighted by molar-refractivity contribution is 8.03. The van der Waals surface area contributed by atoms with Gasteiger partial charge in [-0.15, -0.1) is 0 Å². The summed E-state index contributed by atoms with van der Waals surface area (Å²) in [6.07, 6.45) is 1.30. The lowest BCUT2D eigenvalue weighted by Gasteiger charge is -2.16. The highest BCUT2D eigenvalue weighted by atomic mass is 32.2. The molecule has 1 saturated heterocycles. The van der Waals surface area contributed by atoms with Crippen LogP contribution in [0.5, 0.6) is 0 Å². The molecule has 2 aromatic carbocycles. The fourth-order valence-corrected chi connectivity index (χ4v) is 3.49. The molecule has 0 radical (unpaired) electrons. The first-order chi connectivity index (χ1) is 14.0. The van der Waals surface area contributed by atoms with E-state index in [1.165, 1.54) is 0 Å². The summed E-state index contributed by atoms with van der Waals surface area (Å²) in [4.78, 5) is 38.7. The average molecular weight is 409 g/mol. The molecule has 0 bridgehead atoms. The van der Waals surface area contributed by atoms with Gasteiger partial charge in [-0.25, -0.2) is 4.79 Å². The van der Waals surface area contributed by atoms with Crippen molar-refractivity contribution < 1.29 is 19.1 Å². The Balaban J connectivity index is 1.57. The van der Waals surface area contributed by atoms with E-state index in [4.69, 9.17) is 10.00 Å². The highest BCUT2D eigenvalue weighted by Gasteiger charge is 2.22. The van der Waals surface area contributed by atoms with E-state index in [0.29, 0.717) is 24.3 Å². The number of nitrogens with one attached hydrogen (secondary N) is 1. The van der Waals surface area contributed by atoms with Gasteiger partial charge in [0, 0.05) is 29.2 Å². The van der Waals surface area contributed by atoms with E-state index in [-0.39, 0.29) is 11.5 Å². The molecule has 1 fully saturated rings. The maximum atomic E-state index is 12.3. The number of hydrogen-bond donors (Lipinski definition) is 1. The number of benzene rings is 2. The molecule has 1 heterocycles. The van der Waals surface area contributed by atoms with Crippen molar-refractivity contribution in [1.29, 1.82) is 5.26 Å². The molecule has 1 aliphatic heterocycles.